The molecule has 0 aliphatic heterocycles. The molecule has 8 rings (SSSR count). The predicted molar refractivity (Wildman–Crippen MR) is 165 cm³/mol. The second kappa shape index (κ2) is 8.61. The SMILES string of the molecule is Cn1c2ccccc2c2cc(C3=Cc4c(n(-c5ccc(-c6ccccc6)cc5)c5ccccc45)CC3)ccc21. The van der Waals surface area contributed by atoms with E-state index in [1.54, 1.807) is 0 Å². The Hall–Kier alpha value is -4.82. The number of nitrogens with zero attached hydrogens (tertiary/aromatic N) is 2. The van der Waals surface area contributed by atoms with Gasteiger partial charge in [-0.15, -0.1) is 0 Å². The molecule has 39 heavy (non-hydrogen) atoms. The van der Waals surface area contributed by atoms with Crippen LogP contribution in [-0.2, 0) is 13.5 Å². The van der Waals surface area contributed by atoms with Crippen molar-refractivity contribution in [3.8, 4) is 16.8 Å². The first kappa shape index (κ1) is 22.2. The lowest BCUT2D eigenvalue weighted by atomic mass is 9.90. The van der Waals surface area contributed by atoms with E-state index in [1.165, 1.54) is 71.9 Å². The summed E-state index contributed by atoms with van der Waals surface area (Å²) in [7, 11) is 2.16. The average molecular weight is 501 g/mol. The highest BCUT2D eigenvalue weighted by Gasteiger charge is 2.22. The number of hydrogen-bond acceptors (Lipinski definition) is 0. The maximum Gasteiger partial charge on any atom is 0.0537 e. The van der Waals surface area contributed by atoms with E-state index in [9.17, 15) is 0 Å². The van der Waals surface area contributed by atoms with Crippen LogP contribution in [0.1, 0.15) is 23.2 Å². The highest BCUT2D eigenvalue weighted by Crippen LogP contribution is 2.40. The number of aromatic nitrogens is 2. The van der Waals surface area contributed by atoms with Gasteiger partial charge in [0.05, 0.1) is 5.52 Å². The van der Waals surface area contributed by atoms with Crippen LogP contribution in [0.4, 0.5) is 0 Å². The lowest BCUT2D eigenvalue weighted by Gasteiger charge is -2.18. The van der Waals surface area contributed by atoms with Crippen LogP contribution in [0.3, 0.4) is 0 Å². The Kier molecular flexibility index (Phi) is 4.90. The third-order valence-electron chi connectivity index (χ3n) is 8.48. The highest BCUT2D eigenvalue weighted by atomic mass is 15.0. The topological polar surface area (TPSA) is 9.86 Å². The Balaban J connectivity index is 1.26. The molecule has 0 bridgehead atoms. The van der Waals surface area contributed by atoms with Gasteiger partial charge >= 0.3 is 0 Å². The number of allylic oxidation sites excluding steroid dienone is 1. The lowest BCUT2D eigenvalue weighted by Crippen LogP contribution is -2.05. The predicted octanol–water partition coefficient (Wildman–Crippen LogP) is 9.43. The monoisotopic (exact) mass is 500 g/mol. The second-order valence-electron chi connectivity index (χ2n) is 10.6. The van der Waals surface area contributed by atoms with Crippen molar-refractivity contribution < 1.29 is 0 Å². The molecular weight excluding hydrogens is 472 g/mol. The van der Waals surface area contributed by atoms with E-state index in [0.29, 0.717) is 0 Å². The summed E-state index contributed by atoms with van der Waals surface area (Å²) in [5.41, 5.74) is 13.1. The maximum atomic E-state index is 2.47. The van der Waals surface area contributed by atoms with E-state index in [4.69, 9.17) is 0 Å². The van der Waals surface area contributed by atoms with E-state index < -0.39 is 0 Å². The zero-order valence-corrected chi connectivity index (χ0v) is 21.9. The Morgan fingerprint density at radius 3 is 1.97 bits per heavy atom. The first-order valence-corrected chi connectivity index (χ1v) is 13.7. The molecule has 2 heterocycles. The Morgan fingerprint density at radius 1 is 0.513 bits per heavy atom. The molecule has 0 saturated carbocycles. The van der Waals surface area contributed by atoms with Crippen LogP contribution in [0, 0.1) is 0 Å². The van der Waals surface area contributed by atoms with Gasteiger partial charge in [-0.25, -0.2) is 0 Å². The van der Waals surface area contributed by atoms with Gasteiger partial charge in [-0.3, -0.25) is 0 Å². The van der Waals surface area contributed by atoms with Crippen LogP contribution in [0.15, 0.2) is 121 Å². The van der Waals surface area contributed by atoms with E-state index in [2.05, 4.69) is 144 Å². The summed E-state index contributed by atoms with van der Waals surface area (Å²) in [4.78, 5) is 0. The van der Waals surface area contributed by atoms with Gasteiger partial charge in [-0.05, 0) is 77.6 Å². The van der Waals surface area contributed by atoms with E-state index >= 15 is 0 Å². The molecule has 186 valence electrons. The standard InChI is InChI=1S/C37H28N2/c1-38-34-13-7-5-11-30(34)32-23-27(17-21-35(32)38)28-18-22-37-33(24-28)31-12-6-8-14-36(31)39(37)29-19-15-26(16-20-29)25-9-3-2-4-10-25/h2-17,19-21,23-24H,18,22H2,1H3. The summed E-state index contributed by atoms with van der Waals surface area (Å²) in [6.45, 7) is 0. The molecular formula is C37H28N2. The van der Waals surface area contributed by atoms with Crippen molar-refractivity contribution in [2.24, 2.45) is 7.05 Å². The van der Waals surface area contributed by atoms with Crippen LogP contribution in [0.2, 0.25) is 0 Å². The second-order valence-corrected chi connectivity index (χ2v) is 10.6. The minimum absolute atomic E-state index is 1.02. The number of hydrogen-bond donors (Lipinski definition) is 0. The zero-order valence-electron chi connectivity index (χ0n) is 21.9. The number of benzene rings is 5. The summed E-state index contributed by atoms with van der Waals surface area (Å²) >= 11 is 0. The van der Waals surface area contributed by atoms with Crippen molar-refractivity contribution in [1.29, 1.82) is 0 Å². The van der Waals surface area contributed by atoms with Crippen LogP contribution in [0.5, 0.6) is 0 Å². The summed E-state index contributed by atoms with van der Waals surface area (Å²) in [6, 6.07) is 44.2. The number of rotatable bonds is 3. The fourth-order valence-corrected chi connectivity index (χ4v) is 6.55. The molecule has 0 N–H and O–H groups in total. The molecule has 7 aromatic rings. The van der Waals surface area contributed by atoms with Crippen molar-refractivity contribution in [2.75, 3.05) is 0 Å². The molecule has 5 aromatic carbocycles. The van der Waals surface area contributed by atoms with Gasteiger partial charge in [0.15, 0.2) is 0 Å². The third kappa shape index (κ3) is 3.42. The summed E-state index contributed by atoms with van der Waals surface area (Å²) in [6.07, 6.45) is 4.49. The van der Waals surface area contributed by atoms with Crippen molar-refractivity contribution in [3.05, 3.63) is 138 Å². The summed E-state index contributed by atoms with van der Waals surface area (Å²) in [5, 5.41) is 3.98. The van der Waals surface area contributed by atoms with E-state index in [-0.39, 0.29) is 0 Å². The Morgan fingerprint density at radius 2 is 1.15 bits per heavy atom. The zero-order chi connectivity index (χ0) is 25.9. The van der Waals surface area contributed by atoms with Crippen LogP contribution in [-0.4, -0.2) is 9.13 Å². The van der Waals surface area contributed by atoms with Gasteiger partial charge in [-0.2, -0.15) is 0 Å². The van der Waals surface area contributed by atoms with Gasteiger partial charge in [0.2, 0.25) is 0 Å². The van der Waals surface area contributed by atoms with Crippen molar-refractivity contribution >= 4 is 44.4 Å². The fourth-order valence-electron chi connectivity index (χ4n) is 6.55. The quantitative estimate of drug-likeness (QED) is 0.229. The molecule has 0 saturated heterocycles. The van der Waals surface area contributed by atoms with Gasteiger partial charge in [0.25, 0.3) is 0 Å². The molecule has 1 aliphatic rings. The molecule has 0 spiro atoms. The normalized spacial score (nSPS) is 13.2. The van der Waals surface area contributed by atoms with Crippen molar-refractivity contribution in [2.45, 2.75) is 12.8 Å². The van der Waals surface area contributed by atoms with E-state index in [0.717, 1.165) is 12.8 Å². The maximum absolute atomic E-state index is 2.47. The molecule has 0 amide bonds. The highest BCUT2D eigenvalue weighted by molar-refractivity contribution is 6.09. The van der Waals surface area contributed by atoms with Gasteiger partial charge in [-0.1, -0.05) is 84.9 Å². The molecule has 2 heteroatoms. The largest absolute Gasteiger partial charge is 0.344 e. The molecule has 0 radical (unpaired) electrons. The van der Waals surface area contributed by atoms with Crippen LogP contribution >= 0.6 is 0 Å². The summed E-state index contributed by atoms with van der Waals surface area (Å²) < 4.78 is 4.78. The molecule has 0 atom stereocenters. The Bertz CT molecular complexity index is 2050. The molecule has 0 fully saturated rings. The number of aryl methyl sites for hydroxylation is 1. The van der Waals surface area contributed by atoms with Crippen molar-refractivity contribution in [3.63, 3.8) is 0 Å². The minimum atomic E-state index is 1.02. The van der Waals surface area contributed by atoms with Crippen LogP contribution < -0.4 is 0 Å². The van der Waals surface area contributed by atoms with Gasteiger partial charge < -0.3 is 9.13 Å². The molecule has 1 aliphatic carbocycles. The number of fused-ring (bicyclic) bond motifs is 6. The first-order chi connectivity index (χ1) is 19.3. The van der Waals surface area contributed by atoms with E-state index in [1.807, 2.05) is 0 Å². The fraction of sp³-hybridized carbons (Fsp3) is 0.0811. The summed E-state index contributed by atoms with van der Waals surface area (Å²) in [5.74, 6) is 0. The molecule has 2 nitrogen and oxygen atoms in total. The lowest BCUT2D eigenvalue weighted by molar-refractivity contribution is 0.898. The first-order valence-electron chi connectivity index (χ1n) is 13.7. The smallest absolute Gasteiger partial charge is 0.0537 e. The van der Waals surface area contributed by atoms with Gasteiger partial charge in [0.1, 0.15) is 0 Å². The Labute approximate surface area is 228 Å². The minimum Gasteiger partial charge on any atom is -0.344 e. The third-order valence-corrected chi connectivity index (χ3v) is 8.48. The average Bonchev–Trinajstić information content (AvgIpc) is 3.49. The van der Waals surface area contributed by atoms with Gasteiger partial charge in [0, 0.05) is 51.2 Å². The molecule has 2 aromatic heterocycles. The van der Waals surface area contributed by atoms with Crippen molar-refractivity contribution in [1.82, 2.24) is 9.13 Å². The number of para-hydroxylation sites is 2. The van der Waals surface area contributed by atoms with Crippen LogP contribution in [0.25, 0.3) is 61.2 Å². The molecule has 0 unspecified atom stereocenters.